The Bertz CT molecular complexity index is 575. The van der Waals surface area contributed by atoms with E-state index < -0.39 is 5.60 Å². The van der Waals surface area contributed by atoms with Gasteiger partial charge in [0.15, 0.2) is 0 Å². The molecule has 0 aliphatic carbocycles. The summed E-state index contributed by atoms with van der Waals surface area (Å²) < 4.78 is 11.3. The first-order valence-electron chi connectivity index (χ1n) is 10.3. The smallest absolute Gasteiger partial charge is 0.256 e. The average molecular weight is 377 g/mol. The molecular weight excluding hydrogens is 340 g/mol. The lowest BCUT2D eigenvalue weighted by molar-refractivity contribution is -0.136. The molecule has 0 bridgehead atoms. The van der Waals surface area contributed by atoms with Gasteiger partial charge in [0.2, 0.25) is 0 Å². The molecule has 0 unspecified atom stereocenters. The van der Waals surface area contributed by atoms with Crippen LogP contribution in [-0.2, 0) is 9.53 Å². The summed E-state index contributed by atoms with van der Waals surface area (Å²) in [6.07, 6.45) is 5.29. The molecule has 27 heavy (non-hydrogen) atoms. The highest BCUT2D eigenvalue weighted by molar-refractivity contribution is 5.97. The molecular formula is C22H36N2O3. The predicted octanol–water partition coefficient (Wildman–Crippen LogP) is 4.33. The van der Waals surface area contributed by atoms with Crippen molar-refractivity contribution in [1.82, 2.24) is 4.90 Å². The molecule has 1 heterocycles. The molecule has 1 amide bonds. The average Bonchev–Trinajstić information content (AvgIpc) is 2.66. The minimum Gasteiger partial charge on any atom is -0.494 e. The number of benzene rings is 1. The molecule has 1 N–H and O–H groups in total. The van der Waals surface area contributed by atoms with Crippen molar-refractivity contribution in [3.63, 3.8) is 0 Å². The van der Waals surface area contributed by atoms with E-state index in [9.17, 15) is 4.79 Å². The maximum Gasteiger partial charge on any atom is 0.256 e. The fraction of sp³-hybridized carbons (Fsp3) is 0.682. The van der Waals surface area contributed by atoms with Gasteiger partial charge in [-0.05, 0) is 69.3 Å². The van der Waals surface area contributed by atoms with E-state index in [0.717, 1.165) is 43.3 Å². The molecule has 2 atom stereocenters. The Balaban J connectivity index is 1.74. The van der Waals surface area contributed by atoms with Crippen LogP contribution in [0.25, 0.3) is 0 Å². The quantitative estimate of drug-likeness (QED) is 0.618. The highest BCUT2D eigenvalue weighted by Gasteiger charge is 2.32. The Morgan fingerprint density at radius 3 is 2.70 bits per heavy atom. The number of carbonyl (C=O) groups excluding carboxylic acids is 1. The van der Waals surface area contributed by atoms with Crippen LogP contribution < -0.4 is 10.1 Å². The summed E-state index contributed by atoms with van der Waals surface area (Å²) in [6, 6.07) is 7.56. The molecule has 0 saturated carbocycles. The van der Waals surface area contributed by atoms with Gasteiger partial charge in [-0.15, -0.1) is 0 Å². The number of rotatable bonds is 10. The van der Waals surface area contributed by atoms with Crippen LogP contribution in [0.2, 0.25) is 0 Å². The second-order valence-electron chi connectivity index (χ2n) is 7.91. The number of nitrogens with zero attached hydrogens (tertiary/aromatic N) is 1. The highest BCUT2D eigenvalue weighted by Crippen LogP contribution is 2.21. The van der Waals surface area contributed by atoms with Gasteiger partial charge in [-0.1, -0.05) is 20.3 Å². The molecule has 1 aromatic carbocycles. The zero-order chi connectivity index (χ0) is 19.7. The number of amides is 1. The van der Waals surface area contributed by atoms with E-state index in [1.165, 1.54) is 25.9 Å². The van der Waals surface area contributed by atoms with Crippen molar-refractivity contribution in [3.8, 4) is 5.75 Å². The monoisotopic (exact) mass is 376 g/mol. The first-order chi connectivity index (χ1) is 13.0. The fourth-order valence-corrected chi connectivity index (χ4v) is 3.65. The van der Waals surface area contributed by atoms with E-state index in [-0.39, 0.29) is 5.91 Å². The fourth-order valence-electron chi connectivity index (χ4n) is 3.65. The molecule has 1 saturated heterocycles. The predicted molar refractivity (Wildman–Crippen MR) is 110 cm³/mol. The van der Waals surface area contributed by atoms with Gasteiger partial charge in [0, 0.05) is 25.9 Å². The number of piperidine rings is 1. The van der Waals surface area contributed by atoms with Crippen molar-refractivity contribution in [2.75, 3.05) is 38.7 Å². The van der Waals surface area contributed by atoms with Crippen LogP contribution >= 0.6 is 0 Å². The maximum absolute atomic E-state index is 12.5. The van der Waals surface area contributed by atoms with Gasteiger partial charge in [0.05, 0.1) is 6.61 Å². The molecule has 0 aromatic heterocycles. The van der Waals surface area contributed by atoms with Gasteiger partial charge in [-0.2, -0.15) is 0 Å². The standard InChI is InChI=1S/C22H36N2O3/c1-5-13-22(3,26-4)21(25)23-19-9-11-20(12-10-19)27-16-7-15-24-14-6-8-18(2)17-24/h9-12,18H,5-8,13-17H2,1-4H3,(H,23,25)/t18-,22+/m0/s1. The van der Waals surface area contributed by atoms with Crippen molar-refractivity contribution in [3.05, 3.63) is 24.3 Å². The minimum absolute atomic E-state index is 0.115. The number of anilines is 1. The third-order valence-corrected chi connectivity index (χ3v) is 5.40. The number of ether oxygens (including phenoxy) is 2. The molecule has 1 aliphatic rings. The summed E-state index contributed by atoms with van der Waals surface area (Å²) >= 11 is 0. The summed E-state index contributed by atoms with van der Waals surface area (Å²) in [5.41, 5.74) is -0.0374. The lowest BCUT2D eigenvalue weighted by Gasteiger charge is -2.30. The summed E-state index contributed by atoms with van der Waals surface area (Å²) in [5.74, 6) is 1.54. The number of hydrogen-bond donors (Lipinski definition) is 1. The van der Waals surface area contributed by atoms with Crippen molar-refractivity contribution in [2.24, 2.45) is 5.92 Å². The Kier molecular flexibility index (Phi) is 8.58. The second-order valence-corrected chi connectivity index (χ2v) is 7.91. The van der Waals surface area contributed by atoms with Crippen molar-refractivity contribution < 1.29 is 14.3 Å². The van der Waals surface area contributed by atoms with E-state index in [1.54, 1.807) is 7.11 Å². The Morgan fingerprint density at radius 2 is 2.07 bits per heavy atom. The Morgan fingerprint density at radius 1 is 1.33 bits per heavy atom. The van der Waals surface area contributed by atoms with E-state index in [1.807, 2.05) is 38.1 Å². The van der Waals surface area contributed by atoms with E-state index in [4.69, 9.17) is 9.47 Å². The number of likely N-dealkylation sites (tertiary alicyclic amines) is 1. The van der Waals surface area contributed by atoms with Crippen molar-refractivity contribution in [2.45, 2.75) is 58.5 Å². The zero-order valence-corrected chi connectivity index (χ0v) is 17.4. The Labute approximate surface area is 164 Å². The third kappa shape index (κ3) is 6.82. The number of hydrogen-bond acceptors (Lipinski definition) is 4. The molecule has 0 radical (unpaired) electrons. The van der Waals surface area contributed by atoms with Crippen LogP contribution in [0, 0.1) is 5.92 Å². The van der Waals surface area contributed by atoms with E-state index in [2.05, 4.69) is 17.1 Å². The summed E-state index contributed by atoms with van der Waals surface area (Å²) in [6.45, 7) is 10.5. The first-order valence-corrected chi connectivity index (χ1v) is 10.3. The van der Waals surface area contributed by atoms with Gasteiger partial charge >= 0.3 is 0 Å². The number of methoxy groups -OCH3 is 1. The largest absolute Gasteiger partial charge is 0.494 e. The molecule has 1 aromatic rings. The van der Waals surface area contributed by atoms with Gasteiger partial charge in [-0.25, -0.2) is 0 Å². The Hall–Kier alpha value is -1.59. The van der Waals surface area contributed by atoms with Gasteiger partial charge in [-0.3, -0.25) is 4.79 Å². The normalized spacial score (nSPS) is 20.1. The minimum atomic E-state index is -0.796. The lowest BCUT2D eigenvalue weighted by atomic mass is 9.99. The van der Waals surface area contributed by atoms with Crippen LogP contribution in [0.5, 0.6) is 5.75 Å². The van der Waals surface area contributed by atoms with Gasteiger partial charge in [0.25, 0.3) is 5.91 Å². The van der Waals surface area contributed by atoms with Crippen LogP contribution in [0.3, 0.4) is 0 Å². The van der Waals surface area contributed by atoms with Crippen LogP contribution in [0.1, 0.15) is 52.9 Å². The van der Waals surface area contributed by atoms with Gasteiger partial charge in [0.1, 0.15) is 11.4 Å². The lowest BCUT2D eigenvalue weighted by Crippen LogP contribution is -2.41. The highest BCUT2D eigenvalue weighted by atomic mass is 16.5. The van der Waals surface area contributed by atoms with E-state index in [0.29, 0.717) is 6.42 Å². The zero-order valence-electron chi connectivity index (χ0n) is 17.4. The summed E-state index contributed by atoms with van der Waals surface area (Å²) in [7, 11) is 1.58. The number of carbonyl (C=O) groups is 1. The molecule has 1 fully saturated rings. The van der Waals surface area contributed by atoms with Crippen LogP contribution in [0.15, 0.2) is 24.3 Å². The molecule has 152 valence electrons. The van der Waals surface area contributed by atoms with E-state index >= 15 is 0 Å². The summed E-state index contributed by atoms with van der Waals surface area (Å²) in [4.78, 5) is 15.0. The molecule has 0 spiro atoms. The second kappa shape index (κ2) is 10.7. The third-order valence-electron chi connectivity index (χ3n) is 5.40. The number of nitrogens with one attached hydrogen (secondary N) is 1. The van der Waals surface area contributed by atoms with Gasteiger partial charge < -0.3 is 19.7 Å². The topological polar surface area (TPSA) is 50.8 Å². The maximum atomic E-state index is 12.5. The molecule has 2 rings (SSSR count). The van der Waals surface area contributed by atoms with Crippen LogP contribution in [-0.4, -0.2) is 49.8 Å². The summed E-state index contributed by atoms with van der Waals surface area (Å²) in [5, 5.41) is 2.93. The first kappa shape index (κ1) is 21.7. The SMILES string of the molecule is CCC[C@@](C)(OC)C(=O)Nc1ccc(OCCCN2CCC[C@H](C)C2)cc1. The molecule has 5 nitrogen and oxygen atoms in total. The molecule has 1 aliphatic heterocycles. The van der Waals surface area contributed by atoms with Crippen LogP contribution in [0.4, 0.5) is 5.69 Å². The van der Waals surface area contributed by atoms with Crippen molar-refractivity contribution in [1.29, 1.82) is 0 Å². The van der Waals surface area contributed by atoms with Crippen molar-refractivity contribution >= 4 is 11.6 Å². The molecule has 5 heteroatoms.